The van der Waals surface area contributed by atoms with E-state index in [4.69, 9.17) is 26.1 Å². The standard InChI is InChI=1S/C25H23NO4S2/c1-18-10-11-22(30-14-6-13-28-20-7-3-2-4-8-20)19(15-18)16-23-24(27)26(25(31)32-23)17-21-9-5-12-29-21/h2-5,7-12,15-16H,6,13-14,17H2,1H3. The molecule has 1 saturated heterocycles. The molecule has 1 aliphatic heterocycles. The Hall–Kier alpha value is -3.03. The van der Waals surface area contributed by atoms with E-state index in [0.717, 1.165) is 29.0 Å². The molecule has 7 heteroatoms. The normalized spacial score (nSPS) is 14.9. The van der Waals surface area contributed by atoms with Crippen LogP contribution in [-0.2, 0) is 11.3 Å². The summed E-state index contributed by atoms with van der Waals surface area (Å²) in [6, 6.07) is 19.3. The van der Waals surface area contributed by atoms with Crippen LogP contribution in [0, 0.1) is 6.92 Å². The van der Waals surface area contributed by atoms with E-state index in [0.29, 0.717) is 34.7 Å². The predicted molar refractivity (Wildman–Crippen MR) is 131 cm³/mol. The molecule has 1 aliphatic rings. The van der Waals surface area contributed by atoms with Crippen molar-refractivity contribution >= 4 is 40.3 Å². The second-order valence-corrected chi connectivity index (χ2v) is 8.93. The Kier molecular flexibility index (Phi) is 7.29. The molecular formula is C25H23NO4S2. The van der Waals surface area contributed by atoms with E-state index in [1.807, 2.05) is 67.6 Å². The maximum absolute atomic E-state index is 12.9. The van der Waals surface area contributed by atoms with Crippen molar-refractivity contribution in [2.45, 2.75) is 19.9 Å². The van der Waals surface area contributed by atoms with E-state index in [9.17, 15) is 4.79 Å². The Morgan fingerprint density at radius 3 is 2.66 bits per heavy atom. The van der Waals surface area contributed by atoms with E-state index in [1.54, 1.807) is 17.2 Å². The number of rotatable bonds is 9. The van der Waals surface area contributed by atoms with Crippen LogP contribution in [0.4, 0.5) is 0 Å². The molecule has 0 spiro atoms. The third-order valence-electron chi connectivity index (χ3n) is 4.78. The average molecular weight is 466 g/mol. The molecule has 2 heterocycles. The lowest BCUT2D eigenvalue weighted by molar-refractivity contribution is -0.122. The van der Waals surface area contributed by atoms with Crippen molar-refractivity contribution in [1.82, 2.24) is 4.90 Å². The average Bonchev–Trinajstić information content (AvgIpc) is 3.40. The van der Waals surface area contributed by atoms with Crippen molar-refractivity contribution in [3.8, 4) is 11.5 Å². The Bertz CT molecular complexity index is 1110. The highest BCUT2D eigenvalue weighted by Gasteiger charge is 2.32. The molecule has 0 atom stereocenters. The zero-order valence-electron chi connectivity index (χ0n) is 17.7. The summed E-state index contributed by atoms with van der Waals surface area (Å²) in [5, 5.41) is 0. The Labute approximate surface area is 197 Å². The number of ether oxygens (including phenoxy) is 2. The van der Waals surface area contributed by atoms with Crippen molar-refractivity contribution in [3.05, 3.63) is 88.7 Å². The van der Waals surface area contributed by atoms with Crippen LogP contribution in [0.1, 0.15) is 23.3 Å². The first-order valence-corrected chi connectivity index (χ1v) is 11.5. The highest BCUT2D eigenvalue weighted by Crippen LogP contribution is 2.35. The maximum Gasteiger partial charge on any atom is 0.266 e. The van der Waals surface area contributed by atoms with Crippen LogP contribution in [0.25, 0.3) is 6.08 Å². The summed E-state index contributed by atoms with van der Waals surface area (Å²) in [5.74, 6) is 2.15. The summed E-state index contributed by atoms with van der Waals surface area (Å²) in [6.07, 6.45) is 4.18. The quantitative estimate of drug-likeness (QED) is 0.225. The van der Waals surface area contributed by atoms with Gasteiger partial charge < -0.3 is 13.9 Å². The molecule has 0 unspecified atom stereocenters. The summed E-state index contributed by atoms with van der Waals surface area (Å²) in [6.45, 7) is 3.41. The molecule has 1 fully saturated rings. The predicted octanol–water partition coefficient (Wildman–Crippen LogP) is 5.84. The smallest absolute Gasteiger partial charge is 0.266 e. The van der Waals surface area contributed by atoms with Gasteiger partial charge in [0, 0.05) is 12.0 Å². The summed E-state index contributed by atoms with van der Waals surface area (Å²) < 4.78 is 17.6. The molecule has 0 aliphatic carbocycles. The summed E-state index contributed by atoms with van der Waals surface area (Å²) in [5.41, 5.74) is 1.94. The van der Waals surface area contributed by atoms with E-state index in [2.05, 4.69) is 0 Å². The van der Waals surface area contributed by atoms with Gasteiger partial charge in [0.2, 0.25) is 0 Å². The summed E-state index contributed by atoms with van der Waals surface area (Å²) >= 11 is 6.72. The van der Waals surface area contributed by atoms with Gasteiger partial charge in [-0.05, 0) is 49.4 Å². The van der Waals surface area contributed by atoms with Crippen LogP contribution in [0.2, 0.25) is 0 Å². The van der Waals surface area contributed by atoms with E-state index >= 15 is 0 Å². The topological polar surface area (TPSA) is 51.9 Å². The van der Waals surface area contributed by atoms with Crippen molar-refractivity contribution < 1.29 is 18.7 Å². The van der Waals surface area contributed by atoms with Crippen molar-refractivity contribution in [1.29, 1.82) is 0 Å². The number of hydrogen-bond donors (Lipinski definition) is 0. The molecule has 0 bridgehead atoms. The van der Waals surface area contributed by atoms with Crippen LogP contribution < -0.4 is 9.47 Å². The minimum absolute atomic E-state index is 0.125. The largest absolute Gasteiger partial charge is 0.493 e. The molecule has 3 aromatic rings. The van der Waals surface area contributed by atoms with Crippen LogP contribution >= 0.6 is 24.0 Å². The second kappa shape index (κ2) is 10.5. The van der Waals surface area contributed by atoms with Gasteiger partial charge in [-0.25, -0.2) is 0 Å². The van der Waals surface area contributed by atoms with E-state index in [1.165, 1.54) is 11.8 Å². The third-order valence-corrected chi connectivity index (χ3v) is 6.16. The SMILES string of the molecule is Cc1ccc(OCCCOc2ccccc2)c(C=C2SC(=S)N(Cc3ccco3)C2=O)c1. The first-order valence-electron chi connectivity index (χ1n) is 10.3. The summed E-state index contributed by atoms with van der Waals surface area (Å²) in [7, 11) is 0. The molecule has 164 valence electrons. The van der Waals surface area contributed by atoms with Gasteiger partial charge in [-0.15, -0.1) is 0 Å². The fourth-order valence-electron chi connectivity index (χ4n) is 3.20. The van der Waals surface area contributed by atoms with Gasteiger partial charge in [-0.1, -0.05) is 53.8 Å². The zero-order chi connectivity index (χ0) is 22.3. The van der Waals surface area contributed by atoms with Crippen molar-refractivity contribution in [2.24, 2.45) is 0 Å². The van der Waals surface area contributed by atoms with Gasteiger partial charge in [0.05, 0.1) is 30.9 Å². The molecule has 32 heavy (non-hydrogen) atoms. The first-order chi connectivity index (χ1) is 15.6. The number of benzene rings is 2. The fraction of sp³-hybridized carbons (Fsp3) is 0.200. The van der Waals surface area contributed by atoms with Crippen molar-refractivity contribution in [3.63, 3.8) is 0 Å². The van der Waals surface area contributed by atoms with Crippen LogP contribution in [0.3, 0.4) is 0 Å². The van der Waals surface area contributed by atoms with E-state index < -0.39 is 0 Å². The number of carbonyl (C=O) groups is 1. The van der Waals surface area contributed by atoms with E-state index in [-0.39, 0.29) is 5.91 Å². The minimum atomic E-state index is -0.125. The molecule has 0 saturated carbocycles. The number of hydrogen-bond acceptors (Lipinski definition) is 6. The van der Waals surface area contributed by atoms with Crippen LogP contribution in [0.5, 0.6) is 11.5 Å². The summed E-state index contributed by atoms with van der Waals surface area (Å²) in [4.78, 5) is 15.1. The van der Waals surface area contributed by atoms with Gasteiger partial charge >= 0.3 is 0 Å². The highest BCUT2D eigenvalue weighted by atomic mass is 32.2. The van der Waals surface area contributed by atoms with Crippen LogP contribution in [0.15, 0.2) is 76.2 Å². The number of carbonyl (C=O) groups excluding carboxylic acids is 1. The van der Waals surface area contributed by atoms with Gasteiger partial charge in [0.15, 0.2) is 0 Å². The number of nitrogens with zero attached hydrogens (tertiary/aromatic N) is 1. The Balaban J connectivity index is 1.39. The molecule has 1 amide bonds. The van der Waals surface area contributed by atoms with Gasteiger partial charge in [0.25, 0.3) is 5.91 Å². The first kappa shape index (κ1) is 22.2. The number of thioether (sulfide) groups is 1. The Morgan fingerprint density at radius 1 is 1.06 bits per heavy atom. The molecule has 0 radical (unpaired) electrons. The van der Waals surface area contributed by atoms with Crippen LogP contribution in [-0.4, -0.2) is 28.3 Å². The van der Waals surface area contributed by atoms with Gasteiger partial charge in [-0.2, -0.15) is 0 Å². The lowest BCUT2D eigenvalue weighted by atomic mass is 10.1. The molecule has 2 aromatic carbocycles. The highest BCUT2D eigenvalue weighted by molar-refractivity contribution is 8.26. The van der Waals surface area contributed by atoms with Crippen molar-refractivity contribution in [2.75, 3.05) is 13.2 Å². The van der Waals surface area contributed by atoms with Gasteiger partial charge in [0.1, 0.15) is 21.6 Å². The molecule has 1 aromatic heterocycles. The number of amides is 1. The van der Waals surface area contributed by atoms with Gasteiger partial charge in [-0.3, -0.25) is 9.69 Å². The maximum atomic E-state index is 12.9. The molecular weight excluding hydrogens is 442 g/mol. The molecule has 0 N–H and O–H groups in total. The Morgan fingerprint density at radius 2 is 1.88 bits per heavy atom. The second-order valence-electron chi connectivity index (χ2n) is 7.25. The minimum Gasteiger partial charge on any atom is -0.493 e. The lowest BCUT2D eigenvalue weighted by Gasteiger charge is -2.12. The molecule has 5 nitrogen and oxygen atoms in total. The number of aryl methyl sites for hydroxylation is 1. The zero-order valence-corrected chi connectivity index (χ0v) is 19.3. The number of thiocarbonyl (C=S) groups is 1. The lowest BCUT2D eigenvalue weighted by Crippen LogP contribution is -2.27. The monoisotopic (exact) mass is 465 g/mol. The number of furan rings is 1. The third kappa shape index (κ3) is 5.60. The molecule has 4 rings (SSSR count). The fourth-order valence-corrected chi connectivity index (χ4v) is 4.44. The number of para-hydroxylation sites is 1.